The van der Waals surface area contributed by atoms with Gasteiger partial charge in [-0.15, -0.1) is 0 Å². The van der Waals surface area contributed by atoms with Crippen molar-refractivity contribution in [3.05, 3.63) is 12.7 Å². The molecule has 2 aromatic rings. The van der Waals surface area contributed by atoms with E-state index in [0.717, 1.165) is 6.33 Å². The fourth-order valence-electron chi connectivity index (χ4n) is 2.62. The Balaban J connectivity index is 1.69. The molecule has 0 bridgehead atoms. The van der Waals surface area contributed by atoms with Crippen LogP contribution in [0.4, 0.5) is 5.82 Å². The third kappa shape index (κ3) is 5.90. The Bertz CT molecular complexity index is 1110. The average Bonchev–Trinajstić information content (AvgIpc) is 3.13. The monoisotopic (exact) mass is 523 g/mol. The number of aromatic nitrogens is 4. The summed E-state index contributed by atoms with van der Waals surface area (Å²) in [5.74, 6) is 0.0701. The summed E-state index contributed by atoms with van der Waals surface area (Å²) in [5.41, 5.74) is 6.10. The van der Waals surface area contributed by atoms with Gasteiger partial charge in [0.05, 0.1) is 12.9 Å². The van der Waals surface area contributed by atoms with Gasteiger partial charge in [0.1, 0.15) is 30.2 Å². The van der Waals surface area contributed by atoms with Gasteiger partial charge in [-0.05, 0) is 11.8 Å². The van der Waals surface area contributed by atoms with E-state index >= 15 is 0 Å². The van der Waals surface area contributed by atoms with E-state index in [2.05, 4.69) is 35.4 Å². The lowest BCUT2D eigenvalue weighted by atomic mass is 10.1. The van der Waals surface area contributed by atoms with Crippen molar-refractivity contribution in [1.82, 2.24) is 19.5 Å². The highest BCUT2D eigenvalue weighted by molar-refractivity contribution is 8.08. The van der Waals surface area contributed by atoms with E-state index in [0.29, 0.717) is 0 Å². The van der Waals surface area contributed by atoms with Crippen LogP contribution >= 0.6 is 22.4 Å². The number of hydrogen-bond acceptors (Lipinski definition) is 13. The quantitative estimate of drug-likeness (QED) is 0.194. The van der Waals surface area contributed by atoms with Crippen LogP contribution in [0.15, 0.2) is 12.7 Å². The first-order valence-corrected chi connectivity index (χ1v) is 13.5. The van der Waals surface area contributed by atoms with E-state index in [1.54, 1.807) is 0 Å². The fourth-order valence-corrected chi connectivity index (χ4v) is 6.59. The predicted molar refractivity (Wildman–Crippen MR) is 102 cm³/mol. The summed E-state index contributed by atoms with van der Waals surface area (Å²) in [5, 5.41) is 20.5. The molecule has 0 radical (unpaired) electrons. The number of imidazole rings is 1. The normalized spacial score (nSPS) is 28.5. The zero-order valence-electron chi connectivity index (χ0n) is 14.9. The fraction of sp³-hybridized carbons (Fsp3) is 0.500. The number of anilines is 1. The third-order valence-corrected chi connectivity index (χ3v) is 8.54. The number of aliphatic hydroxyl groups is 2. The summed E-state index contributed by atoms with van der Waals surface area (Å²) in [4.78, 5) is 48.0. The molecule has 1 saturated heterocycles. The van der Waals surface area contributed by atoms with Crippen LogP contribution in [0.25, 0.3) is 11.2 Å². The summed E-state index contributed by atoms with van der Waals surface area (Å²) < 4.78 is 41.3. The summed E-state index contributed by atoms with van der Waals surface area (Å²) >= 11 is 4.48. The van der Waals surface area contributed by atoms with E-state index in [4.69, 9.17) is 24.8 Å². The topological polar surface area (TPSA) is 262 Å². The maximum atomic E-state index is 11.5. The third-order valence-electron chi connectivity index (χ3n) is 3.82. The second-order valence-electron chi connectivity index (χ2n) is 6.02. The van der Waals surface area contributed by atoms with E-state index in [-0.39, 0.29) is 17.0 Å². The minimum Gasteiger partial charge on any atom is -0.387 e. The van der Waals surface area contributed by atoms with Crippen LogP contribution in [-0.2, 0) is 38.8 Å². The van der Waals surface area contributed by atoms with Crippen molar-refractivity contribution < 1.29 is 56.8 Å². The molecular weight excluding hydrogens is 507 g/mol. The van der Waals surface area contributed by atoms with Gasteiger partial charge in [0.25, 0.3) is 0 Å². The molecule has 174 valence electrons. The summed E-state index contributed by atoms with van der Waals surface area (Å²) in [6.45, 7) is -5.35. The molecule has 8 N–H and O–H groups in total. The van der Waals surface area contributed by atoms with Gasteiger partial charge in [0.15, 0.2) is 17.7 Å². The lowest BCUT2D eigenvalue weighted by Gasteiger charge is -2.21. The first-order valence-electron chi connectivity index (χ1n) is 7.92. The van der Waals surface area contributed by atoms with Crippen molar-refractivity contribution in [2.75, 3.05) is 12.3 Å². The molecule has 2 aromatic heterocycles. The number of phosphoric acid groups is 2. The standard InChI is InChI=1S/C10H16N5O12P3S/c11-8-5-9(13-2-12-8)15(3-14-5)10-7(17)6(16)4(25-10)1-24-30(23,31)27-29(21,22)26-28(18,19)20/h2-4,6-7,10,16-17H,1H2,(H,21,22)(H,23,31)(H2,11,12,13)(H2,18,19,20)/t4-,6-,7-,10?,30?/m1/s1. The maximum Gasteiger partial charge on any atom is 0.488 e. The molecule has 1 aliphatic rings. The summed E-state index contributed by atoms with van der Waals surface area (Å²) in [7, 11) is -10.9. The van der Waals surface area contributed by atoms with Crippen molar-refractivity contribution in [3.63, 3.8) is 0 Å². The number of hydrogen-bond donors (Lipinski definition) is 7. The van der Waals surface area contributed by atoms with Crippen molar-refractivity contribution in [3.8, 4) is 0 Å². The first kappa shape index (κ1) is 24.7. The Labute approximate surface area is 177 Å². The maximum absolute atomic E-state index is 11.5. The van der Waals surface area contributed by atoms with Crippen LogP contribution in [0.1, 0.15) is 6.23 Å². The van der Waals surface area contributed by atoms with Gasteiger partial charge in [-0.2, -0.15) is 4.31 Å². The van der Waals surface area contributed by atoms with E-state index < -0.39 is 53.5 Å². The zero-order chi connectivity index (χ0) is 23.2. The number of rotatable bonds is 8. The first-order chi connectivity index (χ1) is 14.2. The number of aliphatic hydroxyl groups excluding tert-OH is 2. The van der Waals surface area contributed by atoms with Gasteiger partial charge in [-0.1, -0.05) is 0 Å². The Hall–Kier alpha value is -0.940. The van der Waals surface area contributed by atoms with Crippen LogP contribution in [-0.4, -0.2) is 74.2 Å². The Morgan fingerprint density at radius 2 is 1.81 bits per heavy atom. The molecular formula is C10H16N5O12P3S. The minimum atomic E-state index is -5.49. The van der Waals surface area contributed by atoms with Crippen LogP contribution in [0, 0.1) is 0 Å². The second-order valence-corrected chi connectivity index (χ2v) is 11.8. The molecule has 1 aliphatic heterocycles. The Kier molecular flexibility index (Phi) is 6.99. The smallest absolute Gasteiger partial charge is 0.387 e. The highest BCUT2D eigenvalue weighted by atomic mass is 32.5. The van der Waals surface area contributed by atoms with Crippen LogP contribution < -0.4 is 5.73 Å². The molecule has 3 unspecified atom stereocenters. The number of nitrogen functional groups attached to an aromatic ring is 1. The number of fused-ring (bicyclic) bond motifs is 1. The van der Waals surface area contributed by atoms with Gasteiger partial charge in [-0.25, -0.2) is 28.4 Å². The number of ether oxygens (including phenoxy) is 1. The second kappa shape index (κ2) is 8.78. The largest absolute Gasteiger partial charge is 0.488 e. The highest BCUT2D eigenvalue weighted by Gasteiger charge is 2.46. The lowest BCUT2D eigenvalue weighted by Crippen LogP contribution is -2.33. The molecule has 0 spiro atoms. The minimum absolute atomic E-state index is 0.0701. The van der Waals surface area contributed by atoms with Crippen molar-refractivity contribution in [2.24, 2.45) is 0 Å². The molecule has 3 rings (SSSR count). The molecule has 6 atom stereocenters. The molecule has 0 aromatic carbocycles. The number of nitrogens with zero attached hydrogens (tertiary/aromatic N) is 4. The van der Waals surface area contributed by atoms with Gasteiger partial charge in [0, 0.05) is 0 Å². The number of nitrogens with two attached hydrogens (primary N) is 1. The van der Waals surface area contributed by atoms with Crippen LogP contribution in [0.5, 0.6) is 0 Å². The zero-order valence-corrected chi connectivity index (χ0v) is 18.4. The van der Waals surface area contributed by atoms with Crippen LogP contribution in [0.2, 0.25) is 0 Å². The van der Waals surface area contributed by atoms with Crippen molar-refractivity contribution in [2.45, 2.75) is 24.5 Å². The molecule has 3 heterocycles. The average molecular weight is 523 g/mol. The van der Waals surface area contributed by atoms with Gasteiger partial charge < -0.3 is 44.8 Å². The van der Waals surface area contributed by atoms with Crippen LogP contribution in [0.3, 0.4) is 0 Å². The summed E-state index contributed by atoms with van der Waals surface area (Å²) in [6, 6.07) is 0. The molecule has 31 heavy (non-hydrogen) atoms. The Morgan fingerprint density at radius 1 is 1.13 bits per heavy atom. The highest BCUT2D eigenvalue weighted by Crippen LogP contribution is 2.66. The van der Waals surface area contributed by atoms with Crippen molar-refractivity contribution in [1.29, 1.82) is 0 Å². The van der Waals surface area contributed by atoms with Crippen molar-refractivity contribution >= 4 is 51.2 Å². The van der Waals surface area contributed by atoms with E-state index in [9.17, 15) is 29.1 Å². The lowest BCUT2D eigenvalue weighted by molar-refractivity contribution is -0.0486. The van der Waals surface area contributed by atoms with E-state index in [1.165, 1.54) is 10.9 Å². The molecule has 21 heteroatoms. The Morgan fingerprint density at radius 3 is 2.45 bits per heavy atom. The SMILES string of the molecule is Nc1ncnc2c1ncn2C1O[C@H](COP(O)(=S)OP(=O)(O)OP(=O)(O)O)[C@@H](O)[C@H]1O. The van der Waals surface area contributed by atoms with Gasteiger partial charge in [-0.3, -0.25) is 4.57 Å². The summed E-state index contributed by atoms with van der Waals surface area (Å²) in [6.07, 6.45) is -3.26. The molecule has 0 amide bonds. The molecule has 1 fully saturated rings. The molecule has 0 aliphatic carbocycles. The van der Waals surface area contributed by atoms with Gasteiger partial charge >= 0.3 is 22.4 Å². The molecule has 17 nitrogen and oxygen atoms in total. The van der Waals surface area contributed by atoms with E-state index in [1.807, 2.05) is 0 Å². The predicted octanol–water partition coefficient (Wildman–Crippen LogP) is -1.51. The molecule has 0 saturated carbocycles. The van der Waals surface area contributed by atoms with Gasteiger partial charge in [0.2, 0.25) is 0 Å².